The third-order valence-electron chi connectivity index (χ3n) is 6.08. The quantitative estimate of drug-likeness (QED) is 0.254. The highest BCUT2D eigenvalue weighted by molar-refractivity contribution is 9.11. The van der Waals surface area contributed by atoms with Gasteiger partial charge in [-0.15, -0.1) is 0 Å². The topological polar surface area (TPSA) is 57.8 Å². The zero-order chi connectivity index (χ0) is 23.9. The number of rotatable bonds is 5. The van der Waals surface area contributed by atoms with E-state index < -0.39 is 5.91 Å². The van der Waals surface area contributed by atoms with Gasteiger partial charge in [0.2, 0.25) is 0 Å². The lowest BCUT2D eigenvalue weighted by atomic mass is 9.79. The van der Waals surface area contributed by atoms with Crippen LogP contribution in [-0.2, 0) is 0 Å². The Hall–Kier alpha value is -2.19. The van der Waals surface area contributed by atoms with Gasteiger partial charge in [-0.05, 0) is 84.4 Å². The van der Waals surface area contributed by atoms with Crippen molar-refractivity contribution in [3.8, 4) is 0 Å². The number of amides is 1. The summed E-state index contributed by atoms with van der Waals surface area (Å²) in [5.41, 5.74) is 5.36. The van der Waals surface area contributed by atoms with E-state index >= 15 is 0 Å². The van der Waals surface area contributed by atoms with E-state index in [2.05, 4.69) is 75.0 Å². The van der Waals surface area contributed by atoms with Crippen LogP contribution in [0.5, 0.6) is 0 Å². The molecule has 1 atom stereocenters. The number of carbonyl (C=O) groups excluding carboxylic acids is 1. The van der Waals surface area contributed by atoms with Crippen LogP contribution < -0.4 is 10.3 Å². The molecule has 33 heavy (non-hydrogen) atoms. The second kappa shape index (κ2) is 9.22. The predicted molar refractivity (Wildman–Crippen MR) is 138 cm³/mol. The number of anilines is 1. The fourth-order valence-corrected chi connectivity index (χ4v) is 6.01. The van der Waals surface area contributed by atoms with Crippen molar-refractivity contribution in [2.75, 3.05) is 11.4 Å². The summed E-state index contributed by atoms with van der Waals surface area (Å²) < 4.78 is 22.2. The first-order chi connectivity index (χ1) is 15.6. The Bertz CT molecular complexity index is 1250. The summed E-state index contributed by atoms with van der Waals surface area (Å²) in [7, 11) is 0. The zero-order valence-electron chi connectivity index (χ0n) is 19.0. The van der Waals surface area contributed by atoms with Gasteiger partial charge in [0.25, 0.3) is 0 Å². The molecule has 1 N–H and O–H groups in total. The zero-order valence-corrected chi connectivity index (χ0v) is 22.2. The van der Waals surface area contributed by atoms with Crippen molar-refractivity contribution in [1.29, 1.82) is 0 Å². The highest BCUT2D eigenvalue weighted by atomic mass is 79.9. The molecule has 0 saturated heterocycles. The van der Waals surface area contributed by atoms with Crippen molar-refractivity contribution in [3.63, 3.8) is 0 Å². The number of nitrogens with one attached hydrogen (secondary N) is 1. The van der Waals surface area contributed by atoms with Gasteiger partial charge in [-0.2, -0.15) is 5.10 Å². The molecule has 0 fully saturated rings. The Morgan fingerprint density at radius 2 is 2.06 bits per heavy atom. The van der Waals surface area contributed by atoms with E-state index in [1.807, 2.05) is 18.2 Å². The number of furan rings is 1. The van der Waals surface area contributed by atoms with Gasteiger partial charge in [0.15, 0.2) is 5.76 Å². The third-order valence-corrected chi connectivity index (χ3v) is 7.13. The van der Waals surface area contributed by atoms with E-state index in [0.29, 0.717) is 17.1 Å². The van der Waals surface area contributed by atoms with Crippen molar-refractivity contribution in [3.05, 3.63) is 62.0 Å². The summed E-state index contributed by atoms with van der Waals surface area (Å²) in [6.07, 6.45) is 3.32. The van der Waals surface area contributed by atoms with E-state index in [-0.39, 0.29) is 17.1 Å². The number of benzene rings is 2. The second-order valence-corrected chi connectivity index (χ2v) is 10.9. The number of nitrogens with zero attached hydrogens (tertiary/aromatic N) is 2. The Morgan fingerprint density at radius 3 is 2.79 bits per heavy atom. The van der Waals surface area contributed by atoms with Crippen LogP contribution in [0, 0.1) is 5.82 Å². The van der Waals surface area contributed by atoms with E-state index in [9.17, 15) is 9.18 Å². The highest BCUT2D eigenvalue weighted by Crippen LogP contribution is 2.44. The Labute approximate surface area is 209 Å². The average Bonchev–Trinajstić information content (AvgIpc) is 3.16. The molecule has 1 aromatic heterocycles. The van der Waals surface area contributed by atoms with Crippen molar-refractivity contribution >= 4 is 60.6 Å². The smallest absolute Gasteiger partial charge is 0.307 e. The minimum absolute atomic E-state index is 0.0321. The molecule has 174 valence electrons. The molecule has 8 heteroatoms. The standard InChI is InChI=1S/C25H26Br2FN3O2/c1-5-6-31-21-11-20(28)16(8-18(21)14(2)12-25(31,3)4)13-29-30-24(32)22-9-15-7-17(26)10-19(27)23(15)33-22/h7-11,13-14H,5-6,12H2,1-4H3,(H,30,32)/b29-13-. The predicted octanol–water partition coefficient (Wildman–Crippen LogP) is 7.36. The van der Waals surface area contributed by atoms with Gasteiger partial charge in [0, 0.05) is 33.2 Å². The maximum absolute atomic E-state index is 15.0. The van der Waals surface area contributed by atoms with Crippen LogP contribution in [0.2, 0.25) is 0 Å². The minimum atomic E-state index is -0.506. The molecule has 0 aliphatic carbocycles. The molecule has 1 aliphatic rings. The van der Waals surface area contributed by atoms with Crippen LogP contribution in [0.4, 0.5) is 10.1 Å². The number of hydrazone groups is 1. The molecule has 3 aromatic rings. The normalized spacial score (nSPS) is 17.5. The molecule has 1 aliphatic heterocycles. The summed E-state index contributed by atoms with van der Waals surface area (Å²) in [5.74, 6) is -0.458. The molecule has 0 bridgehead atoms. The van der Waals surface area contributed by atoms with E-state index in [4.69, 9.17) is 4.42 Å². The van der Waals surface area contributed by atoms with Crippen LogP contribution in [0.3, 0.4) is 0 Å². The van der Waals surface area contributed by atoms with Gasteiger partial charge in [0.05, 0.1) is 10.7 Å². The van der Waals surface area contributed by atoms with Gasteiger partial charge in [-0.3, -0.25) is 4.79 Å². The van der Waals surface area contributed by atoms with Crippen LogP contribution in [0.15, 0.2) is 48.8 Å². The fourth-order valence-electron chi connectivity index (χ4n) is 4.67. The first-order valence-electron chi connectivity index (χ1n) is 10.9. The number of hydrogen-bond donors (Lipinski definition) is 1. The second-order valence-electron chi connectivity index (χ2n) is 9.12. The molecule has 5 nitrogen and oxygen atoms in total. The largest absolute Gasteiger partial charge is 0.450 e. The molecule has 0 spiro atoms. The van der Waals surface area contributed by atoms with Gasteiger partial charge >= 0.3 is 5.91 Å². The Kier molecular flexibility index (Phi) is 6.69. The lowest BCUT2D eigenvalue weighted by Crippen LogP contribution is -2.48. The molecule has 4 rings (SSSR count). The first-order valence-corrected chi connectivity index (χ1v) is 12.5. The molecule has 1 unspecified atom stereocenters. The Morgan fingerprint density at radius 1 is 1.30 bits per heavy atom. The van der Waals surface area contributed by atoms with Gasteiger partial charge in [-0.1, -0.05) is 29.8 Å². The van der Waals surface area contributed by atoms with Crippen LogP contribution in [-0.4, -0.2) is 24.2 Å². The lowest BCUT2D eigenvalue weighted by molar-refractivity contribution is 0.0929. The summed E-state index contributed by atoms with van der Waals surface area (Å²) >= 11 is 6.85. The van der Waals surface area contributed by atoms with E-state index in [0.717, 1.165) is 45.0 Å². The number of fused-ring (bicyclic) bond motifs is 2. The average molecular weight is 579 g/mol. The molecular weight excluding hydrogens is 553 g/mol. The monoisotopic (exact) mass is 577 g/mol. The number of carbonyl (C=O) groups is 1. The summed E-state index contributed by atoms with van der Waals surface area (Å²) in [4.78, 5) is 14.8. The molecule has 0 radical (unpaired) electrons. The Balaban J connectivity index is 1.56. The molecule has 1 amide bonds. The summed E-state index contributed by atoms with van der Waals surface area (Å²) in [5, 5.41) is 4.77. The fraction of sp³-hybridized carbons (Fsp3) is 0.360. The van der Waals surface area contributed by atoms with Crippen LogP contribution in [0.25, 0.3) is 11.0 Å². The van der Waals surface area contributed by atoms with Crippen molar-refractivity contribution < 1.29 is 13.6 Å². The summed E-state index contributed by atoms with van der Waals surface area (Å²) in [6.45, 7) is 9.59. The number of halogens is 3. The van der Waals surface area contributed by atoms with Crippen LogP contribution in [0.1, 0.15) is 68.1 Å². The molecular formula is C25H26Br2FN3O2. The van der Waals surface area contributed by atoms with Crippen molar-refractivity contribution in [1.82, 2.24) is 5.43 Å². The molecule has 2 heterocycles. The van der Waals surface area contributed by atoms with Crippen molar-refractivity contribution in [2.45, 2.75) is 52.0 Å². The highest BCUT2D eigenvalue weighted by Gasteiger charge is 2.36. The first kappa shape index (κ1) is 24.0. The maximum atomic E-state index is 15.0. The van der Waals surface area contributed by atoms with Crippen molar-refractivity contribution in [2.24, 2.45) is 5.10 Å². The maximum Gasteiger partial charge on any atom is 0.307 e. The van der Waals surface area contributed by atoms with E-state index in [1.165, 1.54) is 6.21 Å². The van der Waals surface area contributed by atoms with Gasteiger partial charge in [-0.25, -0.2) is 9.82 Å². The number of hydrogen-bond acceptors (Lipinski definition) is 4. The molecule has 0 saturated carbocycles. The summed E-state index contributed by atoms with van der Waals surface area (Å²) in [6, 6.07) is 8.78. The molecule has 2 aromatic carbocycles. The lowest BCUT2D eigenvalue weighted by Gasteiger charge is -2.47. The van der Waals surface area contributed by atoms with Gasteiger partial charge in [0.1, 0.15) is 11.4 Å². The van der Waals surface area contributed by atoms with Crippen LogP contribution >= 0.6 is 31.9 Å². The van der Waals surface area contributed by atoms with E-state index in [1.54, 1.807) is 12.1 Å². The SMILES string of the molecule is CCCN1c2cc(F)c(/C=N\NC(=O)c3cc4cc(Br)cc(Br)c4o3)cc2C(C)CC1(C)C. The third kappa shape index (κ3) is 4.73. The van der Waals surface area contributed by atoms with Gasteiger partial charge < -0.3 is 9.32 Å². The minimum Gasteiger partial charge on any atom is -0.450 e.